The summed E-state index contributed by atoms with van der Waals surface area (Å²) < 4.78 is 63.3. The van der Waals surface area contributed by atoms with E-state index in [1.165, 1.54) is 0 Å². The topological polar surface area (TPSA) is 170 Å². The third kappa shape index (κ3) is 9.28. The molecule has 0 amide bonds. The first-order valence-electron chi connectivity index (χ1n) is 22.3. The van der Waals surface area contributed by atoms with Gasteiger partial charge < -0.3 is 62.7 Å². The van der Waals surface area contributed by atoms with E-state index in [1.807, 2.05) is 32.9 Å². The number of carbonyl (C=O) groups excluding carboxylic acids is 1. The highest BCUT2D eigenvalue weighted by atomic mass is 16.7. The zero-order valence-electron chi connectivity index (χ0n) is 36.9. The normalized spacial score (nSPS) is 50.1. The quantitative estimate of drug-likeness (QED) is 0.232. The van der Waals surface area contributed by atoms with Gasteiger partial charge in [-0.3, -0.25) is 4.79 Å². The standard InChI is InChI=1S/C46H70O14/c1-10-30-18-34-44(49)56-33-19-32(60-45(22-33)17-16-24(2)27(5)59-45)15-14-26(4)41(25(3)12-11-13-31-23-53-43(40(30)48)46(31,34)50)57-38-21-36(52-9)42(29(7)55-38)58-37-20-35(51-8)39(47)28(6)54-37/h11-14,18,24-25,27-29,32-43,47-48,50H,10,15-17,19-23H2,1-9H3/b12-11+,26-14+,31-13-/t24-,25-,27-,28-,29-,32-,33-,34+,35-,36-,37-,38-,39-,40+,41+,42-,43+,45-,46+/m0/s1. The van der Waals surface area contributed by atoms with Crippen LogP contribution in [0, 0.1) is 17.8 Å². The van der Waals surface area contributed by atoms with Gasteiger partial charge in [-0.15, -0.1) is 0 Å². The molecule has 6 heterocycles. The van der Waals surface area contributed by atoms with Crippen LogP contribution in [0.25, 0.3) is 0 Å². The van der Waals surface area contributed by atoms with Crippen LogP contribution in [0.4, 0.5) is 0 Å². The average Bonchev–Trinajstić information content (AvgIpc) is 3.55. The molecule has 14 nitrogen and oxygen atoms in total. The third-order valence-electron chi connectivity index (χ3n) is 14.3. The highest BCUT2D eigenvalue weighted by Gasteiger charge is 2.60. The lowest BCUT2D eigenvalue weighted by atomic mass is 9.70. The van der Waals surface area contributed by atoms with Gasteiger partial charge in [0.25, 0.3) is 0 Å². The molecule has 0 aromatic heterocycles. The minimum Gasteiger partial charge on any atom is -0.462 e. The van der Waals surface area contributed by atoms with Crippen LogP contribution in [0.15, 0.2) is 47.1 Å². The highest BCUT2D eigenvalue weighted by molar-refractivity contribution is 5.78. The average molecular weight is 847 g/mol. The Morgan fingerprint density at radius 3 is 2.33 bits per heavy atom. The second-order valence-electron chi connectivity index (χ2n) is 18.4. The van der Waals surface area contributed by atoms with Crippen molar-refractivity contribution in [3.8, 4) is 0 Å². The second-order valence-corrected chi connectivity index (χ2v) is 18.4. The fourth-order valence-corrected chi connectivity index (χ4v) is 10.4. The molecule has 14 heteroatoms. The molecule has 60 heavy (non-hydrogen) atoms. The molecule has 7 aliphatic rings. The van der Waals surface area contributed by atoms with Gasteiger partial charge in [-0.2, -0.15) is 0 Å². The molecule has 0 unspecified atom stereocenters. The van der Waals surface area contributed by atoms with E-state index in [2.05, 4.69) is 26.8 Å². The molecule has 2 bridgehead atoms. The number of rotatable bonds is 7. The van der Waals surface area contributed by atoms with Crippen molar-refractivity contribution in [2.45, 2.75) is 197 Å². The van der Waals surface area contributed by atoms with Crippen LogP contribution in [0.3, 0.4) is 0 Å². The number of methoxy groups -OCH3 is 2. The number of allylic oxidation sites excluding steroid dienone is 2. The maximum Gasteiger partial charge on any atom is 0.316 e. The summed E-state index contributed by atoms with van der Waals surface area (Å²) in [5.74, 6) is -2.37. The van der Waals surface area contributed by atoms with Gasteiger partial charge in [0.05, 0.1) is 49.3 Å². The van der Waals surface area contributed by atoms with Crippen molar-refractivity contribution in [3.05, 3.63) is 47.1 Å². The summed E-state index contributed by atoms with van der Waals surface area (Å²) in [5, 5.41) is 34.4. The summed E-state index contributed by atoms with van der Waals surface area (Å²) in [6, 6.07) is 0. The summed E-state index contributed by atoms with van der Waals surface area (Å²) in [5.41, 5.74) is 0.282. The molecular formula is C46H70O14. The Kier molecular flexibility index (Phi) is 14.5. The third-order valence-corrected chi connectivity index (χ3v) is 14.3. The van der Waals surface area contributed by atoms with Crippen molar-refractivity contribution in [1.82, 2.24) is 0 Å². The van der Waals surface area contributed by atoms with E-state index in [4.69, 9.17) is 47.4 Å². The van der Waals surface area contributed by atoms with Crippen molar-refractivity contribution in [3.63, 3.8) is 0 Å². The van der Waals surface area contributed by atoms with Gasteiger partial charge in [0.15, 0.2) is 18.4 Å². The van der Waals surface area contributed by atoms with Crippen molar-refractivity contribution < 1.29 is 67.5 Å². The Bertz CT molecular complexity index is 1630. The molecule has 3 N–H and O–H groups in total. The predicted octanol–water partition coefficient (Wildman–Crippen LogP) is 4.97. The lowest BCUT2D eigenvalue weighted by Gasteiger charge is -2.49. The number of esters is 1. The lowest BCUT2D eigenvalue weighted by Crippen LogP contribution is -2.58. The summed E-state index contributed by atoms with van der Waals surface area (Å²) >= 11 is 0. The Balaban J connectivity index is 1.17. The molecule has 19 atom stereocenters. The molecular weight excluding hydrogens is 776 g/mol. The van der Waals surface area contributed by atoms with E-state index >= 15 is 0 Å². The Morgan fingerprint density at radius 1 is 0.900 bits per heavy atom. The van der Waals surface area contributed by atoms with Crippen molar-refractivity contribution in [1.29, 1.82) is 0 Å². The Morgan fingerprint density at radius 2 is 1.62 bits per heavy atom. The minimum absolute atomic E-state index is 0.0400. The van der Waals surface area contributed by atoms with E-state index < -0.39 is 90.8 Å². The van der Waals surface area contributed by atoms with Gasteiger partial charge in [-0.05, 0) is 69.6 Å². The van der Waals surface area contributed by atoms with Crippen LogP contribution in [0.5, 0.6) is 0 Å². The number of aliphatic hydroxyl groups is 3. The van der Waals surface area contributed by atoms with Gasteiger partial charge in [0.2, 0.25) is 0 Å². The zero-order chi connectivity index (χ0) is 43.1. The molecule has 5 saturated heterocycles. The summed E-state index contributed by atoms with van der Waals surface area (Å²) in [7, 11) is 3.22. The first-order valence-corrected chi connectivity index (χ1v) is 22.3. The molecule has 0 radical (unpaired) electrons. The fourth-order valence-electron chi connectivity index (χ4n) is 10.4. The van der Waals surface area contributed by atoms with E-state index in [0.29, 0.717) is 62.0 Å². The first kappa shape index (κ1) is 46.0. The largest absolute Gasteiger partial charge is 0.462 e. The number of ether oxygens (including phenoxy) is 10. The molecule has 0 saturated carbocycles. The molecule has 1 aliphatic carbocycles. The Hall–Kier alpha value is -2.05. The fraction of sp³-hybridized carbons (Fsp3) is 0.804. The smallest absolute Gasteiger partial charge is 0.316 e. The van der Waals surface area contributed by atoms with Crippen molar-refractivity contribution in [2.24, 2.45) is 17.8 Å². The minimum atomic E-state index is -1.82. The van der Waals surface area contributed by atoms with Crippen LogP contribution in [-0.2, 0) is 52.2 Å². The van der Waals surface area contributed by atoms with Gasteiger partial charge in [0.1, 0.15) is 42.0 Å². The number of carbonyl (C=O) groups is 1. The van der Waals surface area contributed by atoms with E-state index in [9.17, 15) is 20.1 Å². The Labute approximate surface area is 355 Å². The van der Waals surface area contributed by atoms with Gasteiger partial charge in [-0.25, -0.2) is 0 Å². The van der Waals surface area contributed by atoms with Gasteiger partial charge >= 0.3 is 5.97 Å². The maximum atomic E-state index is 14.3. The van der Waals surface area contributed by atoms with E-state index in [-0.39, 0.29) is 30.8 Å². The SMILES string of the molecule is CCC1=C[C@@H]2C(=O)O[C@H]3C[C@H](C/C=C(\C)[C@H](O[C@H]4C[C@H](OC)[C@@H](O[C@H]5C[C@H](OC)[C@@H](O)[C@H](C)O5)[C@H](C)O4)[C@@H](C)/C=C/C=C4/CO[C@H]([C@@H]1O)[C@@]42O)O[C@@]1(CC[C@H](C)[C@H](C)O1)C3. The van der Waals surface area contributed by atoms with Gasteiger partial charge in [-0.1, -0.05) is 51.2 Å². The molecule has 0 aromatic carbocycles. The summed E-state index contributed by atoms with van der Waals surface area (Å²) in [6.07, 6.45) is 6.12. The van der Waals surface area contributed by atoms with E-state index in [1.54, 1.807) is 33.3 Å². The monoisotopic (exact) mass is 846 g/mol. The number of fused-ring (bicyclic) bond motifs is 2. The van der Waals surface area contributed by atoms with Crippen LogP contribution < -0.4 is 0 Å². The molecule has 1 spiro atoms. The predicted molar refractivity (Wildman–Crippen MR) is 218 cm³/mol. The molecule has 5 fully saturated rings. The molecule has 6 aliphatic heterocycles. The van der Waals surface area contributed by atoms with Crippen LogP contribution in [0.1, 0.15) is 99.8 Å². The van der Waals surface area contributed by atoms with Crippen LogP contribution in [0.2, 0.25) is 0 Å². The van der Waals surface area contributed by atoms with Crippen molar-refractivity contribution in [2.75, 3.05) is 20.8 Å². The second kappa shape index (κ2) is 19.0. The maximum absolute atomic E-state index is 14.3. The van der Waals surface area contributed by atoms with E-state index in [0.717, 1.165) is 12.0 Å². The number of hydrogen-bond acceptors (Lipinski definition) is 14. The van der Waals surface area contributed by atoms with Crippen molar-refractivity contribution >= 4 is 5.97 Å². The number of aliphatic hydroxyl groups excluding tert-OH is 2. The van der Waals surface area contributed by atoms with Gasteiger partial charge in [0, 0.05) is 52.2 Å². The van der Waals surface area contributed by atoms with Crippen LogP contribution >= 0.6 is 0 Å². The zero-order valence-corrected chi connectivity index (χ0v) is 36.9. The lowest BCUT2D eigenvalue weighted by molar-refractivity contribution is -0.332. The van der Waals surface area contributed by atoms with Crippen LogP contribution in [-0.4, -0.2) is 139 Å². The molecule has 7 rings (SSSR count). The highest BCUT2D eigenvalue weighted by Crippen LogP contribution is 2.48. The first-order chi connectivity index (χ1) is 28.6. The number of hydrogen-bond donors (Lipinski definition) is 3. The summed E-state index contributed by atoms with van der Waals surface area (Å²) in [4.78, 5) is 14.3. The molecule has 0 aromatic rings. The summed E-state index contributed by atoms with van der Waals surface area (Å²) in [6.45, 7) is 14.0. The molecule has 338 valence electrons.